The number of amides is 1. The predicted octanol–water partition coefficient (Wildman–Crippen LogP) is 2.18. The third kappa shape index (κ3) is 4.42. The van der Waals surface area contributed by atoms with Crippen molar-refractivity contribution < 1.29 is 13.6 Å². The maximum atomic E-state index is 12.2. The van der Waals surface area contributed by atoms with Crippen LogP contribution in [-0.4, -0.2) is 30.0 Å². The van der Waals surface area contributed by atoms with Gasteiger partial charge in [0.25, 0.3) is 12.3 Å². The number of aromatic nitrogens is 1. The van der Waals surface area contributed by atoms with Gasteiger partial charge in [-0.1, -0.05) is 5.11 Å². The quantitative estimate of drug-likeness (QED) is 0.345. The second-order valence-corrected chi connectivity index (χ2v) is 3.50. The lowest BCUT2D eigenvalue weighted by Crippen LogP contribution is -2.27. The van der Waals surface area contributed by atoms with Crippen LogP contribution in [0, 0.1) is 0 Å². The van der Waals surface area contributed by atoms with Crippen LogP contribution < -0.4 is 5.32 Å². The summed E-state index contributed by atoms with van der Waals surface area (Å²) in [6.07, 6.45) is -0.569. The van der Waals surface area contributed by atoms with E-state index in [4.69, 9.17) is 5.53 Å². The lowest BCUT2D eigenvalue weighted by atomic mass is 10.3. The Hall–Kier alpha value is -2.08. The van der Waals surface area contributed by atoms with Gasteiger partial charge >= 0.3 is 0 Å². The van der Waals surface area contributed by atoms with Gasteiger partial charge in [0.1, 0.15) is 5.69 Å². The molecule has 0 bridgehead atoms. The van der Waals surface area contributed by atoms with Gasteiger partial charge in [-0.15, -0.1) is 0 Å². The fourth-order valence-corrected chi connectivity index (χ4v) is 1.42. The van der Waals surface area contributed by atoms with E-state index >= 15 is 0 Å². The number of hydrogen-bond donors (Lipinski definition) is 1. The Balaban J connectivity index is 2.46. The molecule has 0 unspecified atom stereocenters. The van der Waals surface area contributed by atoms with Crippen LogP contribution >= 0.6 is 0 Å². The molecule has 18 heavy (non-hydrogen) atoms. The summed E-state index contributed by atoms with van der Waals surface area (Å²) in [6.45, 7) is 0.112. The monoisotopic (exact) mass is 257 g/mol. The van der Waals surface area contributed by atoms with Crippen molar-refractivity contribution in [2.24, 2.45) is 5.11 Å². The van der Waals surface area contributed by atoms with E-state index in [0.717, 1.165) is 0 Å². The molecule has 1 rings (SSSR count). The third-order valence-electron chi connectivity index (χ3n) is 2.18. The van der Waals surface area contributed by atoms with Crippen molar-refractivity contribution in [3.8, 4) is 0 Å². The van der Waals surface area contributed by atoms with Crippen LogP contribution in [0.1, 0.15) is 16.9 Å². The number of carbonyl (C=O) groups excluding carboxylic acids is 1. The van der Waals surface area contributed by atoms with E-state index in [-0.39, 0.29) is 12.2 Å². The summed E-state index contributed by atoms with van der Waals surface area (Å²) in [6, 6.07) is 3.02. The van der Waals surface area contributed by atoms with Crippen molar-refractivity contribution >= 4 is 5.91 Å². The first-order valence-electron chi connectivity index (χ1n) is 5.37. The molecule has 0 aliphatic heterocycles. The SMILES string of the molecule is [N-]=[N+]=NCCCNC(=O)c1cccn1CC(F)F. The molecule has 1 aromatic heterocycles. The van der Waals surface area contributed by atoms with Gasteiger partial charge in [-0.25, -0.2) is 8.78 Å². The second-order valence-electron chi connectivity index (χ2n) is 3.50. The number of azide groups is 1. The van der Waals surface area contributed by atoms with Crippen molar-refractivity contribution in [1.29, 1.82) is 0 Å². The number of rotatable bonds is 7. The third-order valence-corrected chi connectivity index (χ3v) is 2.18. The summed E-state index contributed by atoms with van der Waals surface area (Å²) < 4.78 is 25.7. The van der Waals surface area contributed by atoms with Crippen LogP contribution in [0.15, 0.2) is 23.4 Å². The summed E-state index contributed by atoms with van der Waals surface area (Å²) in [4.78, 5) is 14.2. The molecule has 0 fully saturated rings. The molecule has 0 saturated carbocycles. The van der Waals surface area contributed by atoms with Gasteiger partial charge in [0.2, 0.25) is 0 Å². The highest BCUT2D eigenvalue weighted by molar-refractivity contribution is 5.92. The molecule has 0 aliphatic carbocycles. The molecule has 0 aromatic carbocycles. The first kappa shape index (κ1) is 14.0. The van der Waals surface area contributed by atoms with E-state index in [0.29, 0.717) is 13.0 Å². The molecule has 1 N–H and O–H groups in total. The van der Waals surface area contributed by atoms with Crippen molar-refractivity contribution in [3.63, 3.8) is 0 Å². The van der Waals surface area contributed by atoms with Crippen LogP contribution in [0.3, 0.4) is 0 Å². The van der Waals surface area contributed by atoms with E-state index in [2.05, 4.69) is 15.3 Å². The number of alkyl halides is 2. The Morgan fingerprint density at radius 1 is 1.61 bits per heavy atom. The first-order chi connectivity index (χ1) is 8.65. The molecule has 1 aromatic rings. The Labute approximate surface area is 102 Å². The smallest absolute Gasteiger partial charge is 0.267 e. The van der Waals surface area contributed by atoms with E-state index in [9.17, 15) is 13.6 Å². The number of nitrogens with zero attached hydrogens (tertiary/aromatic N) is 4. The van der Waals surface area contributed by atoms with E-state index in [1.807, 2.05) is 0 Å². The van der Waals surface area contributed by atoms with Crippen LogP contribution in [0.4, 0.5) is 8.78 Å². The summed E-state index contributed by atoms with van der Waals surface area (Å²) in [5, 5.41) is 5.88. The van der Waals surface area contributed by atoms with E-state index < -0.39 is 18.9 Å². The van der Waals surface area contributed by atoms with Crippen LogP contribution in [0.2, 0.25) is 0 Å². The van der Waals surface area contributed by atoms with Gasteiger partial charge in [-0.2, -0.15) is 0 Å². The molecule has 6 nitrogen and oxygen atoms in total. The zero-order valence-electron chi connectivity index (χ0n) is 9.59. The fraction of sp³-hybridized carbons (Fsp3) is 0.500. The highest BCUT2D eigenvalue weighted by atomic mass is 19.3. The van der Waals surface area contributed by atoms with Gasteiger partial charge < -0.3 is 9.88 Å². The molecule has 0 saturated heterocycles. The Bertz CT molecular complexity index is 439. The number of hydrogen-bond acceptors (Lipinski definition) is 2. The highest BCUT2D eigenvalue weighted by Crippen LogP contribution is 2.06. The maximum Gasteiger partial charge on any atom is 0.267 e. The molecule has 0 spiro atoms. The molecular formula is C10H13F2N5O. The minimum atomic E-state index is -2.51. The van der Waals surface area contributed by atoms with Crippen molar-refractivity contribution in [2.45, 2.75) is 19.4 Å². The zero-order chi connectivity index (χ0) is 13.4. The minimum absolute atomic E-state index is 0.194. The fourth-order valence-electron chi connectivity index (χ4n) is 1.42. The van der Waals surface area contributed by atoms with Gasteiger partial charge in [0, 0.05) is 24.2 Å². The zero-order valence-corrected chi connectivity index (χ0v) is 9.59. The topological polar surface area (TPSA) is 82.8 Å². The summed E-state index contributed by atoms with van der Waals surface area (Å²) in [5.41, 5.74) is 8.24. The normalized spacial score (nSPS) is 10.2. The largest absolute Gasteiger partial charge is 0.351 e. The average molecular weight is 257 g/mol. The highest BCUT2D eigenvalue weighted by Gasteiger charge is 2.12. The van der Waals surface area contributed by atoms with Crippen LogP contribution in [-0.2, 0) is 6.54 Å². The summed E-state index contributed by atoms with van der Waals surface area (Å²) in [7, 11) is 0. The molecule has 1 heterocycles. The van der Waals surface area contributed by atoms with Gasteiger partial charge in [-0.3, -0.25) is 4.79 Å². The summed E-state index contributed by atoms with van der Waals surface area (Å²) >= 11 is 0. The molecule has 1 amide bonds. The Morgan fingerprint density at radius 2 is 2.39 bits per heavy atom. The lowest BCUT2D eigenvalue weighted by molar-refractivity contribution is 0.0930. The molecule has 0 aliphatic rings. The van der Waals surface area contributed by atoms with Crippen molar-refractivity contribution in [1.82, 2.24) is 9.88 Å². The number of carbonyl (C=O) groups is 1. The van der Waals surface area contributed by atoms with Gasteiger partial charge in [0.15, 0.2) is 0 Å². The number of halogens is 2. The lowest BCUT2D eigenvalue weighted by Gasteiger charge is -2.08. The second kappa shape index (κ2) is 7.29. The van der Waals surface area contributed by atoms with Crippen LogP contribution in [0.25, 0.3) is 10.4 Å². The van der Waals surface area contributed by atoms with E-state index in [1.54, 1.807) is 0 Å². The van der Waals surface area contributed by atoms with E-state index in [1.165, 1.54) is 22.9 Å². The van der Waals surface area contributed by atoms with Crippen molar-refractivity contribution in [2.75, 3.05) is 13.1 Å². The Kier molecular flexibility index (Phi) is 5.66. The predicted molar refractivity (Wildman–Crippen MR) is 61.4 cm³/mol. The number of nitrogens with one attached hydrogen (secondary N) is 1. The van der Waals surface area contributed by atoms with Crippen LogP contribution in [0.5, 0.6) is 0 Å². The molecule has 0 radical (unpaired) electrons. The average Bonchev–Trinajstić information content (AvgIpc) is 2.76. The van der Waals surface area contributed by atoms with Gasteiger partial charge in [0.05, 0.1) is 6.54 Å². The summed E-state index contributed by atoms with van der Waals surface area (Å²) in [5.74, 6) is -0.415. The molecule has 8 heteroatoms. The first-order valence-corrected chi connectivity index (χ1v) is 5.37. The Morgan fingerprint density at radius 3 is 3.06 bits per heavy atom. The molecular weight excluding hydrogens is 244 g/mol. The standard InChI is InChI=1S/C10H13F2N5O/c11-9(12)7-17-6-1-3-8(17)10(18)14-4-2-5-15-16-13/h1,3,6,9H,2,4-5,7H2,(H,14,18). The van der Waals surface area contributed by atoms with Gasteiger partial charge in [-0.05, 0) is 24.1 Å². The maximum absolute atomic E-state index is 12.2. The minimum Gasteiger partial charge on any atom is -0.351 e. The molecule has 0 atom stereocenters. The van der Waals surface area contributed by atoms with Crippen molar-refractivity contribution in [3.05, 3.63) is 34.5 Å². The molecule has 98 valence electrons.